The van der Waals surface area contributed by atoms with E-state index < -0.39 is 0 Å². The Bertz CT molecular complexity index is 924. The van der Waals surface area contributed by atoms with Crippen LogP contribution < -0.4 is 10.3 Å². The second kappa shape index (κ2) is 4.22. The molecule has 0 amide bonds. The number of fused-ring (bicyclic) bond motifs is 5. The van der Waals surface area contributed by atoms with Crippen LogP contribution in [0, 0.1) is 0 Å². The summed E-state index contributed by atoms with van der Waals surface area (Å²) in [5.41, 5.74) is 3.07. The molecular formula is C18H15NO2. The molecule has 3 heteroatoms. The normalized spacial score (nSPS) is 16.2. The van der Waals surface area contributed by atoms with Crippen molar-refractivity contribution < 1.29 is 4.74 Å². The van der Waals surface area contributed by atoms with E-state index in [1.54, 1.807) is 4.57 Å². The third-order valence-corrected chi connectivity index (χ3v) is 4.20. The van der Waals surface area contributed by atoms with Crippen LogP contribution in [0.3, 0.4) is 0 Å². The second-order valence-electron chi connectivity index (χ2n) is 5.43. The molecule has 2 aromatic carbocycles. The van der Waals surface area contributed by atoms with Gasteiger partial charge in [0.2, 0.25) is 0 Å². The maximum Gasteiger partial charge on any atom is 0.258 e. The van der Waals surface area contributed by atoms with E-state index in [1.165, 1.54) is 0 Å². The lowest BCUT2D eigenvalue weighted by molar-refractivity contribution is 0.223. The number of hydrogen-bond acceptors (Lipinski definition) is 2. The average molecular weight is 277 g/mol. The van der Waals surface area contributed by atoms with Crippen LogP contribution in [0.1, 0.15) is 18.6 Å². The summed E-state index contributed by atoms with van der Waals surface area (Å²) in [7, 11) is 1.84. The van der Waals surface area contributed by atoms with E-state index in [1.807, 2.05) is 62.5 Å². The summed E-state index contributed by atoms with van der Waals surface area (Å²) >= 11 is 0. The molecule has 0 N–H and O–H groups in total. The molecule has 4 rings (SSSR count). The highest BCUT2D eigenvalue weighted by molar-refractivity contribution is 5.92. The third kappa shape index (κ3) is 1.57. The van der Waals surface area contributed by atoms with Crippen molar-refractivity contribution in [3.8, 4) is 17.0 Å². The predicted octanol–water partition coefficient (Wildman–Crippen LogP) is 3.66. The van der Waals surface area contributed by atoms with Gasteiger partial charge in [0.25, 0.3) is 5.56 Å². The van der Waals surface area contributed by atoms with Gasteiger partial charge in [-0.3, -0.25) is 4.79 Å². The van der Waals surface area contributed by atoms with E-state index in [4.69, 9.17) is 4.74 Å². The maximum atomic E-state index is 12.6. The Morgan fingerprint density at radius 2 is 1.67 bits per heavy atom. The molecule has 3 aromatic rings. The summed E-state index contributed by atoms with van der Waals surface area (Å²) in [6.07, 6.45) is -0.0772. The van der Waals surface area contributed by atoms with Gasteiger partial charge in [-0.05, 0) is 30.5 Å². The lowest BCUT2D eigenvalue weighted by Gasteiger charge is -2.29. The lowest BCUT2D eigenvalue weighted by Crippen LogP contribution is -2.24. The van der Waals surface area contributed by atoms with Crippen molar-refractivity contribution in [1.29, 1.82) is 0 Å². The zero-order valence-electron chi connectivity index (χ0n) is 12.0. The fourth-order valence-corrected chi connectivity index (χ4v) is 3.25. The highest BCUT2D eigenvalue weighted by Gasteiger charge is 2.27. The Kier molecular flexibility index (Phi) is 2.45. The first kappa shape index (κ1) is 12.2. The minimum absolute atomic E-state index is 0.0354. The fraction of sp³-hybridized carbons (Fsp3) is 0.167. The van der Waals surface area contributed by atoms with Gasteiger partial charge in [-0.2, -0.15) is 0 Å². The predicted molar refractivity (Wildman–Crippen MR) is 83.7 cm³/mol. The first-order valence-electron chi connectivity index (χ1n) is 7.06. The summed E-state index contributed by atoms with van der Waals surface area (Å²) in [6, 6.07) is 15.6. The first-order chi connectivity index (χ1) is 10.2. The van der Waals surface area contributed by atoms with Crippen molar-refractivity contribution in [2.24, 2.45) is 7.05 Å². The monoisotopic (exact) mass is 277 g/mol. The number of pyridine rings is 1. The molecule has 0 fully saturated rings. The van der Waals surface area contributed by atoms with Crippen LogP contribution in [-0.4, -0.2) is 4.57 Å². The summed E-state index contributed by atoms with van der Waals surface area (Å²) in [5, 5.41) is 1.73. The molecule has 0 saturated carbocycles. The SMILES string of the molecule is CC1Oc2ccccc2-c2c1c1ccccc1c(=O)n2C. The van der Waals surface area contributed by atoms with Crippen molar-refractivity contribution in [3.63, 3.8) is 0 Å². The Morgan fingerprint density at radius 1 is 1.00 bits per heavy atom. The Morgan fingerprint density at radius 3 is 2.48 bits per heavy atom. The van der Waals surface area contributed by atoms with Crippen molar-refractivity contribution >= 4 is 10.8 Å². The molecule has 1 atom stereocenters. The molecule has 1 aromatic heterocycles. The van der Waals surface area contributed by atoms with Gasteiger partial charge in [0.15, 0.2) is 0 Å². The molecule has 0 spiro atoms. The molecule has 0 bridgehead atoms. The molecule has 104 valence electrons. The number of para-hydroxylation sites is 1. The Hall–Kier alpha value is -2.55. The zero-order chi connectivity index (χ0) is 14.6. The van der Waals surface area contributed by atoms with E-state index in [0.717, 1.165) is 33.3 Å². The molecule has 0 saturated heterocycles. The average Bonchev–Trinajstić information content (AvgIpc) is 2.51. The fourth-order valence-electron chi connectivity index (χ4n) is 3.25. The van der Waals surface area contributed by atoms with Gasteiger partial charge >= 0.3 is 0 Å². The molecule has 1 unspecified atom stereocenters. The standard InChI is InChI=1S/C18H15NO2/c1-11-16-12-7-3-4-8-13(12)18(20)19(2)17(16)14-9-5-6-10-15(14)21-11/h3-11H,1-2H3. The highest BCUT2D eigenvalue weighted by atomic mass is 16.5. The number of nitrogens with zero attached hydrogens (tertiary/aromatic N) is 1. The van der Waals surface area contributed by atoms with E-state index in [-0.39, 0.29) is 11.7 Å². The Balaban J connectivity index is 2.25. The number of ether oxygens (including phenoxy) is 1. The van der Waals surface area contributed by atoms with Crippen LogP contribution in [0.4, 0.5) is 0 Å². The van der Waals surface area contributed by atoms with Crippen LogP contribution in [-0.2, 0) is 7.05 Å². The quantitative estimate of drug-likeness (QED) is 0.628. The second-order valence-corrected chi connectivity index (χ2v) is 5.43. The summed E-state index contributed by atoms with van der Waals surface area (Å²) in [5.74, 6) is 0.836. The molecule has 1 aliphatic heterocycles. The van der Waals surface area contributed by atoms with Gasteiger partial charge < -0.3 is 9.30 Å². The molecule has 3 nitrogen and oxygen atoms in total. The van der Waals surface area contributed by atoms with Gasteiger partial charge in [-0.25, -0.2) is 0 Å². The first-order valence-corrected chi connectivity index (χ1v) is 7.06. The molecule has 0 radical (unpaired) electrons. The number of benzene rings is 2. The summed E-state index contributed by atoms with van der Waals surface area (Å²) in [6.45, 7) is 2.03. The maximum absolute atomic E-state index is 12.6. The minimum atomic E-state index is -0.0772. The van der Waals surface area contributed by atoms with Crippen LogP contribution in [0.5, 0.6) is 5.75 Å². The van der Waals surface area contributed by atoms with Gasteiger partial charge in [-0.1, -0.05) is 30.3 Å². The smallest absolute Gasteiger partial charge is 0.258 e. The van der Waals surface area contributed by atoms with Gasteiger partial charge in [0.05, 0.1) is 5.69 Å². The largest absolute Gasteiger partial charge is 0.485 e. The van der Waals surface area contributed by atoms with Gasteiger partial charge in [-0.15, -0.1) is 0 Å². The molecule has 0 aliphatic carbocycles. The summed E-state index contributed by atoms with van der Waals surface area (Å²) < 4.78 is 7.79. The molecule has 1 aliphatic rings. The third-order valence-electron chi connectivity index (χ3n) is 4.20. The minimum Gasteiger partial charge on any atom is -0.485 e. The highest BCUT2D eigenvalue weighted by Crippen LogP contribution is 2.43. The lowest BCUT2D eigenvalue weighted by atomic mass is 9.93. The van der Waals surface area contributed by atoms with E-state index in [9.17, 15) is 4.79 Å². The summed E-state index contributed by atoms with van der Waals surface area (Å²) in [4.78, 5) is 12.6. The van der Waals surface area contributed by atoms with Crippen molar-refractivity contribution in [1.82, 2.24) is 4.57 Å². The number of rotatable bonds is 0. The number of hydrogen-bond donors (Lipinski definition) is 0. The van der Waals surface area contributed by atoms with E-state index in [0.29, 0.717) is 0 Å². The van der Waals surface area contributed by atoms with Crippen LogP contribution in [0.25, 0.3) is 22.0 Å². The number of aromatic nitrogens is 1. The molecule has 2 heterocycles. The van der Waals surface area contributed by atoms with Crippen LogP contribution >= 0.6 is 0 Å². The van der Waals surface area contributed by atoms with Crippen molar-refractivity contribution in [2.45, 2.75) is 13.0 Å². The molecular weight excluding hydrogens is 262 g/mol. The van der Waals surface area contributed by atoms with E-state index in [2.05, 4.69) is 0 Å². The topological polar surface area (TPSA) is 31.2 Å². The molecule has 21 heavy (non-hydrogen) atoms. The van der Waals surface area contributed by atoms with E-state index >= 15 is 0 Å². The zero-order valence-corrected chi connectivity index (χ0v) is 12.0. The van der Waals surface area contributed by atoms with Crippen molar-refractivity contribution in [2.75, 3.05) is 0 Å². The van der Waals surface area contributed by atoms with Gasteiger partial charge in [0.1, 0.15) is 11.9 Å². The van der Waals surface area contributed by atoms with Crippen LogP contribution in [0.15, 0.2) is 53.3 Å². The van der Waals surface area contributed by atoms with Crippen LogP contribution in [0.2, 0.25) is 0 Å². The van der Waals surface area contributed by atoms with Gasteiger partial charge in [0, 0.05) is 23.6 Å². The Labute approximate surface area is 122 Å². The van der Waals surface area contributed by atoms with Crippen molar-refractivity contribution in [3.05, 3.63) is 64.4 Å².